The Bertz CT molecular complexity index is 368. The Balaban J connectivity index is 2.27. The van der Waals surface area contributed by atoms with Crippen LogP contribution in [0.3, 0.4) is 0 Å². The maximum Gasteiger partial charge on any atom is 0.411 e. The number of rotatable bonds is 5. The van der Waals surface area contributed by atoms with E-state index in [0.717, 1.165) is 6.07 Å². The van der Waals surface area contributed by atoms with Gasteiger partial charge in [0.2, 0.25) is 0 Å². The number of ether oxygens (including phenoxy) is 2. The first-order chi connectivity index (χ1) is 7.88. The van der Waals surface area contributed by atoms with E-state index in [1.54, 1.807) is 0 Å². The van der Waals surface area contributed by atoms with Gasteiger partial charge in [-0.25, -0.2) is 4.39 Å². The van der Waals surface area contributed by atoms with Crippen LogP contribution in [0.4, 0.5) is 23.2 Å². The van der Waals surface area contributed by atoms with Crippen molar-refractivity contribution >= 4 is 5.69 Å². The fraction of sp³-hybridized carbons (Fsp3) is 0.400. The number of alkyl halides is 3. The summed E-state index contributed by atoms with van der Waals surface area (Å²) < 4.78 is 57.3. The van der Waals surface area contributed by atoms with Crippen LogP contribution in [-0.2, 0) is 4.74 Å². The molecule has 0 amide bonds. The summed E-state index contributed by atoms with van der Waals surface area (Å²) in [4.78, 5) is 0. The first kappa shape index (κ1) is 13.6. The van der Waals surface area contributed by atoms with Crippen molar-refractivity contribution in [1.29, 1.82) is 0 Å². The summed E-state index contributed by atoms with van der Waals surface area (Å²) in [6.45, 7) is -1.79. The van der Waals surface area contributed by atoms with Gasteiger partial charge in [0.15, 0.2) is 11.6 Å². The summed E-state index contributed by atoms with van der Waals surface area (Å²) in [7, 11) is 0. The summed E-state index contributed by atoms with van der Waals surface area (Å²) in [5.74, 6) is -0.740. The van der Waals surface area contributed by atoms with Crippen molar-refractivity contribution in [1.82, 2.24) is 0 Å². The summed E-state index contributed by atoms with van der Waals surface area (Å²) in [5, 5.41) is 0. The molecule has 2 N–H and O–H groups in total. The molecule has 0 atom stereocenters. The topological polar surface area (TPSA) is 44.5 Å². The molecule has 1 aromatic carbocycles. The van der Waals surface area contributed by atoms with E-state index < -0.39 is 18.6 Å². The Morgan fingerprint density at radius 2 is 1.88 bits per heavy atom. The predicted octanol–water partition coefficient (Wildman–Crippen LogP) is 2.37. The van der Waals surface area contributed by atoms with Crippen molar-refractivity contribution < 1.29 is 27.0 Å². The average molecular weight is 253 g/mol. The summed E-state index contributed by atoms with van der Waals surface area (Å²) >= 11 is 0. The van der Waals surface area contributed by atoms with Gasteiger partial charge in [0.25, 0.3) is 0 Å². The van der Waals surface area contributed by atoms with E-state index in [0.29, 0.717) is 0 Å². The van der Waals surface area contributed by atoms with E-state index in [1.807, 2.05) is 0 Å². The van der Waals surface area contributed by atoms with Crippen molar-refractivity contribution in [2.45, 2.75) is 6.18 Å². The van der Waals surface area contributed by atoms with Gasteiger partial charge in [0, 0.05) is 11.8 Å². The molecule has 1 rings (SSSR count). The van der Waals surface area contributed by atoms with Crippen LogP contribution in [0.2, 0.25) is 0 Å². The maximum absolute atomic E-state index is 13.1. The summed E-state index contributed by atoms with van der Waals surface area (Å²) in [6, 6.07) is 3.79. The number of hydrogen-bond acceptors (Lipinski definition) is 3. The lowest BCUT2D eigenvalue weighted by molar-refractivity contribution is -0.175. The second-order valence-electron chi connectivity index (χ2n) is 3.21. The quantitative estimate of drug-likeness (QED) is 0.497. The van der Waals surface area contributed by atoms with Crippen LogP contribution in [0, 0.1) is 5.82 Å². The predicted molar refractivity (Wildman–Crippen MR) is 53.2 cm³/mol. The van der Waals surface area contributed by atoms with E-state index in [9.17, 15) is 17.6 Å². The molecule has 0 bridgehead atoms. The molecule has 0 fully saturated rings. The standard InChI is InChI=1S/C10H11F4NO2/c11-8-5-7(15)1-2-9(8)17-4-3-16-6-10(12,13)14/h1-2,5H,3-4,6,15H2. The zero-order valence-electron chi connectivity index (χ0n) is 8.76. The smallest absolute Gasteiger partial charge is 0.411 e. The monoisotopic (exact) mass is 253 g/mol. The summed E-state index contributed by atoms with van der Waals surface area (Å²) in [6.07, 6.45) is -4.37. The van der Waals surface area contributed by atoms with Crippen LogP contribution in [0.15, 0.2) is 18.2 Å². The average Bonchev–Trinajstić information content (AvgIpc) is 2.18. The van der Waals surface area contributed by atoms with Crippen LogP contribution < -0.4 is 10.5 Å². The SMILES string of the molecule is Nc1ccc(OCCOCC(F)(F)F)c(F)c1. The third kappa shape index (κ3) is 5.39. The molecule has 3 nitrogen and oxygen atoms in total. The van der Waals surface area contributed by atoms with Gasteiger partial charge in [0.1, 0.15) is 13.2 Å². The molecule has 7 heteroatoms. The Morgan fingerprint density at radius 1 is 1.18 bits per heavy atom. The second kappa shape index (κ2) is 5.72. The Morgan fingerprint density at radius 3 is 2.47 bits per heavy atom. The van der Waals surface area contributed by atoms with Crippen LogP contribution in [0.5, 0.6) is 5.75 Å². The van der Waals surface area contributed by atoms with Crippen molar-refractivity contribution in [3.05, 3.63) is 24.0 Å². The molecule has 17 heavy (non-hydrogen) atoms. The number of anilines is 1. The first-order valence-electron chi connectivity index (χ1n) is 4.71. The molecule has 0 aromatic heterocycles. The van der Waals surface area contributed by atoms with Crippen molar-refractivity contribution in [2.75, 3.05) is 25.6 Å². The van der Waals surface area contributed by atoms with Crippen LogP contribution >= 0.6 is 0 Å². The highest BCUT2D eigenvalue weighted by Crippen LogP contribution is 2.19. The lowest BCUT2D eigenvalue weighted by Gasteiger charge is -2.09. The largest absolute Gasteiger partial charge is 0.488 e. The molecular weight excluding hydrogens is 242 g/mol. The van der Waals surface area contributed by atoms with Crippen molar-refractivity contribution in [3.63, 3.8) is 0 Å². The third-order valence-corrected chi connectivity index (χ3v) is 1.71. The van der Waals surface area contributed by atoms with E-state index in [2.05, 4.69) is 4.74 Å². The molecule has 0 saturated heterocycles. The Kier molecular flexibility index (Phi) is 4.56. The minimum atomic E-state index is -4.37. The van der Waals surface area contributed by atoms with Crippen LogP contribution in [0.1, 0.15) is 0 Å². The number of nitrogen functional groups attached to an aromatic ring is 1. The minimum absolute atomic E-state index is 0.0743. The highest BCUT2D eigenvalue weighted by atomic mass is 19.4. The molecule has 0 spiro atoms. The highest BCUT2D eigenvalue weighted by Gasteiger charge is 2.27. The molecular formula is C10H11F4NO2. The zero-order valence-corrected chi connectivity index (χ0v) is 8.76. The van der Waals surface area contributed by atoms with E-state index in [4.69, 9.17) is 10.5 Å². The maximum atomic E-state index is 13.1. The first-order valence-corrected chi connectivity index (χ1v) is 4.71. The van der Waals surface area contributed by atoms with Gasteiger partial charge in [-0.15, -0.1) is 0 Å². The van der Waals surface area contributed by atoms with E-state index in [1.165, 1.54) is 12.1 Å². The fourth-order valence-electron chi connectivity index (χ4n) is 1.03. The molecule has 0 aliphatic carbocycles. The van der Waals surface area contributed by atoms with Gasteiger partial charge in [0.05, 0.1) is 6.61 Å². The second-order valence-corrected chi connectivity index (χ2v) is 3.21. The molecule has 1 aromatic rings. The van der Waals surface area contributed by atoms with Gasteiger partial charge in [-0.2, -0.15) is 13.2 Å². The highest BCUT2D eigenvalue weighted by molar-refractivity contribution is 5.42. The fourth-order valence-corrected chi connectivity index (χ4v) is 1.03. The van der Waals surface area contributed by atoms with Gasteiger partial charge in [-0.1, -0.05) is 0 Å². The number of hydrogen-bond donors (Lipinski definition) is 1. The minimum Gasteiger partial charge on any atom is -0.488 e. The molecule has 0 unspecified atom stereocenters. The van der Waals surface area contributed by atoms with Gasteiger partial charge >= 0.3 is 6.18 Å². The number of halogens is 4. The van der Waals surface area contributed by atoms with E-state index >= 15 is 0 Å². The van der Waals surface area contributed by atoms with Crippen molar-refractivity contribution in [3.8, 4) is 5.75 Å². The van der Waals surface area contributed by atoms with Crippen LogP contribution in [-0.4, -0.2) is 26.0 Å². The van der Waals surface area contributed by atoms with Crippen molar-refractivity contribution in [2.24, 2.45) is 0 Å². The van der Waals surface area contributed by atoms with Gasteiger partial charge in [-0.3, -0.25) is 0 Å². The zero-order chi connectivity index (χ0) is 12.9. The number of benzene rings is 1. The molecule has 0 saturated carbocycles. The molecule has 0 heterocycles. The lowest BCUT2D eigenvalue weighted by Crippen LogP contribution is -2.19. The third-order valence-electron chi connectivity index (χ3n) is 1.71. The van der Waals surface area contributed by atoms with E-state index in [-0.39, 0.29) is 24.7 Å². The lowest BCUT2D eigenvalue weighted by atomic mass is 10.3. The molecule has 96 valence electrons. The number of nitrogens with two attached hydrogens (primary N) is 1. The summed E-state index contributed by atoms with van der Waals surface area (Å²) in [5.41, 5.74) is 5.55. The van der Waals surface area contributed by atoms with Gasteiger partial charge in [-0.05, 0) is 12.1 Å². The van der Waals surface area contributed by atoms with Gasteiger partial charge < -0.3 is 15.2 Å². The molecule has 0 aliphatic heterocycles. The van der Waals surface area contributed by atoms with Crippen LogP contribution in [0.25, 0.3) is 0 Å². The normalized spacial score (nSPS) is 11.5. The molecule has 0 aliphatic rings. The Hall–Kier alpha value is -1.50. The molecule has 0 radical (unpaired) electrons. The Labute approximate surface area is 95.1 Å².